The molecule has 0 fully saturated rings. The predicted octanol–water partition coefficient (Wildman–Crippen LogP) is 5.52. The van der Waals surface area contributed by atoms with Gasteiger partial charge in [-0.3, -0.25) is 4.79 Å². The van der Waals surface area contributed by atoms with Crippen molar-refractivity contribution in [3.05, 3.63) is 131 Å². The van der Waals surface area contributed by atoms with Crippen LogP contribution in [0.15, 0.2) is 103 Å². The molecule has 1 aromatic heterocycles. The Morgan fingerprint density at radius 2 is 1.47 bits per heavy atom. The number of hydrogen-bond donors (Lipinski definition) is 0. The highest BCUT2D eigenvalue weighted by Gasteiger charge is 2.18. The number of benzene rings is 3. The number of carbonyl (C=O) groups excluding carboxylic acids is 1. The first-order valence-corrected chi connectivity index (χ1v) is 9.96. The first kappa shape index (κ1) is 19.6. The molecule has 0 radical (unpaired) electrons. The maximum absolute atomic E-state index is 13.7. The molecule has 0 aliphatic rings. The molecule has 0 atom stereocenters. The molecule has 4 aromatic rings. The Morgan fingerprint density at radius 3 is 2.17 bits per heavy atom. The van der Waals surface area contributed by atoms with Crippen molar-refractivity contribution in [1.29, 1.82) is 0 Å². The lowest BCUT2D eigenvalue weighted by molar-refractivity contribution is 0.0725. The van der Waals surface area contributed by atoms with Gasteiger partial charge in [0.25, 0.3) is 5.91 Å². The highest BCUT2D eigenvalue weighted by molar-refractivity contribution is 5.94. The summed E-state index contributed by atoms with van der Waals surface area (Å²) in [5.41, 5.74) is 3.61. The molecule has 150 valence electrons. The first-order chi connectivity index (χ1) is 14.7. The molecule has 4 rings (SSSR count). The molecule has 0 aliphatic carbocycles. The van der Waals surface area contributed by atoms with Crippen molar-refractivity contribution in [2.24, 2.45) is 0 Å². The van der Waals surface area contributed by atoms with Gasteiger partial charge in [0, 0.05) is 30.5 Å². The highest BCUT2D eigenvalue weighted by Crippen LogP contribution is 2.17. The molecular formula is C26H23FN2O. The van der Waals surface area contributed by atoms with Crippen LogP contribution in [0.3, 0.4) is 0 Å². The second-order valence-electron chi connectivity index (χ2n) is 7.27. The third-order valence-electron chi connectivity index (χ3n) is 5.05. The Kier molecular flexibility index (Phi) is 6.04. The topological polar surface area (TPSA) is 25.2 Å². The third kappa shape index (κ3) is 4.84. The van der Waals surface area contributed by atoms with Gasteiger partial charge in [0.1, 0.15) is 5.82 Å². The number of rotatable bonds is 7. The van der Waals surface area contributed by atoms with Gasteiger partial charge < -0.3 is 9.47 Å². The van der Waals surface area contributed by atoms with Crippen LogP contribution in [0.4, 0.5) is 4.39 Å². The van der Waals surface area contributed by atoms with Gasteiger partial charge in [-0.1, -0.05) is 66.7 Å². The van der Waals surface area contributed by atoms with E-state index in [-0.39, 0.29) is 5.91 Å². The second-order valence-corrected chi connectivity index (χ2v) is 7.27. The lowest BCUT2D eigenvalue weighted by Gasteiger charge is -2.24. The van der Waals surface area contributed by atoms with Gasteiger partial charge in [0.2, 0.25) is 0 Å². The van der Waals surface area contributed by atoms with Crippen LogP contribution in [0.1, 0.15) is 27.2 Å². The molecule has 1 amide bonds. The van der Waals surface area contributed by atoms with Crippen LogP contribution < -0.4 is 0 Å². The van der Waals surface area contributed by atoms with Gasteiger partial charge in [-0.25, -0.2) is 4.39 Å². The zero-order chi connectivity index (χ0) is 20.8. The van der Waals surface area contributed by atoms with E-state index in [1.807, 2.05) is 66.9 Å². The smallest absolute Gasteiger partial charge is 0.254 e. The van der Waals surface area contributed by atoms with Crippen LogP contribution in [0.5, 0.6) is 0 Å². The van der Waals surface area contributed by atoms with Crippen LogP contribution in [0, 0.1) is 5.82 Å². The van der Waals surface area contributed by atoms with Crippen LogP contribution in [0.25, 0.3) is 0 Å². The van der Waals surface area contributed by atoms with E-state index in [4.69, 9.17) is 0 Å². The summed E-state index contributed by atoms with van der Waals surface area (Å²) in [7, 11) is 0. The summed E-state index contributed by atoms with van der Waals surface area (Å²) >= 11 is 0. The average Bonchev–Trinajstić information content (AvgIpc) is 3.21. The van der Waals surface area contributed by atoms with Gasteiger partial charge >= 0.3 is 0 Å². The van der Waals surface area contributed by atoms with Gasteiger partial charge in [-0.2, -0.15) is 0 Å². The minimum Gasteiger partial charge on any atom is -0.345 e. The molecule has 4 heteroatoms. The Labute approximate surface area is 176 Å². The summed E-state index contributed by atoms with van der Waals surface area (Å²) in [5, 5.41) is 0. The fourth-order valence-corrected chi connectivity index (χ4v) is 3.53. The second kappa shape index (κ2) is 9.23. The van der Waals surface area contributed by atoms with E-state index < -0.39 is 5.82 Å². The van der Waals surface area contributed by atoms with Crippen molar-refractivity contribution in [2.45, 2.75) is 19.6 Å². The van der Waals surface area contributed by atoms with E-state index in [0.717, 1.165) is 17.8 Å². The number of hydrogen-bond acceptors (Lipinski definition) is 1. The van der Waals surface area contributed by atoms with Crippen molar-refractivity contribution in [3.8, 4) is 0 Å². The van der Waals surface area contributed by atoms with Gasteiger partial charge in [-0.15, -0.1) is 0 Å². The number of carbonyl (C=O) groups is 1. The van der Waals surface area contributed by atoms with Gasteiger partial charge in [0.05, 0.1) is 6.54 Å². The predicted molar refractivity (Wildman–Crippen MR) is 116 cm³/mol. The fourth-order valence-electron chi connectivity index (χ4n) is 3.53. The molecule has 0 aliphatic heterocycles. The lowest BCUT2D eigenvalue weighted by Crippen LogP contribution is -2.31. The zero-order valence-corrected chi connectivity index (χ0v) is 16.6. The number of nitrogens with zero attached hydrogens (tertiary/aromatic N) is 2. The lowest BCUT2D eigenvalue weighted by atomic mass is 10.1. The fraction of sp³-hybridized carbons (Fsp3) is 0.115. The Balaban J connectivity index is 1.60. The van der Waals surface area contributed by atoms with E-state index in [1.165, 1.54) is 17.7 Å². The summed E-state index contributed by atoms with van der Waals surface area (Å²) in [5.74, 6) is -0.598. The molecule has 30 heavy (non-hydrogen) atoms. The summed E-state index contributed by atoms with van der Waals surface area (Å²) in [6.45, 7) is 1.62. The zero-order valence-electron chi connectivity index (χ0n) is 16.6. The highest BCUT2D eigenvalue weighted by atomic mass is 19.1. The molecule has 0 saturated carbocycles. The number of aromatic nitrogens is 1. The van der Waals surface area contributed by atoms with Gasteiger partial charge in [0.15, 0.2) is 0 Å². The van der Waals surface area contributed by atoms with E-state index in [1.54, 1.807) is 17.0 Å². The third-order valence-corrected chi connectivity index (χ3v) is 5.05. The van der Waals surface area contributed by atoms with Crippen molar-refractivity contribution in [1.82, 2.24) is 9.47 Å². The molecule has 3 aromatic carbocycles. The normalized spacial score (nSPS) is 10.7. The van der Waals surface area contributed by atoms with Gasteiger partial charge in [-0.05, 0) is 41.5 Å². The van der Waals surface area contributed by atoms with E-state index >= 15 is 0 Å². The van der Waals surface area contributed by atoms with Crippen LogP contribution >= 0.6 is 0 Å². The molecule has 0 N–H and O–H groups in total. The SMILES string of the molecule is O=C(c1cccc(F)c1)N(Cc1ccccc1)Cc1cccn1Cc1ccccc1. The molecule has 0 unspecified atom stereocenters. The Morgan fingerprint density at radius 1 is 0.767 bits per heavy atom. The minimum absolute atomic E-state index is 0.189. The first-order valence-electron chi connectivity index (χ1n) is 9.96. The molecule has 3 nitrogen and oxygen atoms in total. The quantitative estimate of drug-likeness (QED) is 0.402. The van der Waals surface area contributed by atoms with E-state index in [0.29, 0.717) is 18.7 Å². The van der Waals surface area contributed by atoms with E-state index in [9.17, 15) is 9.18 Å². The van der Waals surface area contributed by atoms with Crippen molar-refractivity contribution in [3.63, 3.8) is 0 Å². The largest absolute Gasteiger partial charge is 0.345 e. The maximum Gasteiger partial charge on any atom is 0.254 e. The molecular weight excluding hydrogens is 375 g/mol. The molecule has 0 spiro atoms. The van der Waals surface area contributed by atoms with Crippen molar-refractivity contribution in [2.75, 3.05) is 0 Å². The average molecular weight is 398 g/mol. The molecule has 0 saturated heterocycles. The number of halogens is 1. The monoisotopic (exact) mass is 398 g/mol. The Hall–Kier alpha value is -3.66. The maximum atomic E-state index is 13.7. The minimum atomic E-state index is -0.409. The molecule has 1 heterocycles. The van der Waals surface area contributed by atoms with Crippen LogP contribution in [0.2, 0.25) is 0 Å². The van der Waals surface area contributed by atoms with Crippen LogP contribution in [-0.4, -0.2) is 15.4 Å². The summed E-state index contributed by atoms with van der Waals surface area (Å²) in [4.78, 5) is 15.0. The Bertz CT molecular complexity index is 1110. The standard InChI is InChI=1S/C26H23FN2O/c27-24-14-7-13-23(17-24)26(30)29(19-22-11-5-2-6-12-22)20-25-15-8-16-28(25)18-21-9-3-1-4-10-21/h1-17H,18-20H2. The molecule has 0 bridgehead atoms. The van der Waals surface area contributed by atoms with E-state index in [2.05, 4.69) is 16.7 Å². The van der Waals surface area contributed by atoms with Crippen molar-refractivity contribution >= 4 is 5.91 Å². The van der Waals surface area contributed by atoms with Crippen molar-refractivity contribution < 1.29 is 9.18 Å². The summed E-state index contributed by atoms with van der Waals surface area (Å²) in [6, 6.07) is 30.0. The number of amides is 1. The van der Waals surface area contributed by atoms with Crippen LogP contribution in [-0.2, 0) is 19.6 Å². The summed E-state index contributed by atoms with van der Waals surface area (Å²) in [6.07, 6.45) is 2.02. The summed E-state index contributed by atoms with van der Waals surface area (Å²) < 4.78 is 15.9.